The molecule has 6 aromatic carbocycles. The van der Waals surface area contributed by atoms with E-state index in [1.54, 1.807) is 7.11 Å². The molecule has 2 aliphatic rings. The second-order valence-electron chi connectivity index (χ2n) is 16.8. The number of hydrogen-bond acceptors (Lipinski definition) is 10. The third-order valence-electron chi connectivity index (χ3n) is 12.0. The first-order valence-corrected chi connectivity index (χ1v) is 23.0. The zero-order valence-electron chi connectivity index (χ0n) is 37.8. The molecule has 10 atom stereocenters. The zero-order valence-corrected chi connectivity index (χ0v) is 37.8. The van der Waals surface area contributed by atoms with E-state index in [9.17, 15) is 0 Å². The van der Waals surface area contributed by atoms with Gasteiger partial charge in [-0.25, -0.2) is 0 Å². The summed E-state index contributed by atoms with van der Waals surface area (Å²) in [4.78, 5) is 0. The summed E-state index contributed by atoms with van der Waals surface area (Å²) in [7, 11) is 1.62. The Morgan fingerprint density at radius 2 is 0.667 bits per heavy atom. The molecule has 10 nitrogen and oxygen atoms in total. The van der Waals surface area contributed by atoms with Gasteiger partial charge in [-0.2, -0.15) is 0 Å². The molecule has 0 spiro atoms. The molecule has 2 saturated heterocycles. The smallest absolute Gasteiger partial charge is 0.186 e. The Morgan fingerprint density at radius 1 is 0.348 bits per heavy atom. The Labute approximate surface area is 389 Å². The molecular formula is C56H62O10. The molecule has 0 aliphatic carbocycles. The maximum absolute atomic E-state index is 7.35. The van der Waals surface area contributed by atoms with Gasteiger partial charge in [-0.3, -0.25) is 0 Å². The molecule has 2 fully saturated rings. The van der Waals surface area contributed by atoms with Gasteiger partial charge in [0.25, 0.3) is 0 Å². The summed E-state index contributed by atoms with van der Waals surface area (Å²) in [5.74, 6) is -0.343. The summed E-state index contributed by atoms with van der Waals surface area (Å²) in [6.07, 6.45) is -6.02. The van der Waals surface area contributed by atoms with Gasteiger partial charge in [-0.05, 0) is 33.4 Å². The minimum Gasteiger partial charge on any atom is -0.374 e. The average Bonchev–Trinajstić information content (AvgIpc) is 3.37. The summed E-state index contributed by atoms with van der Waals surface area (Å²) in [5.41, 5.74) is 6.18. The van der Waals surface area contributed by atoms with E-state index in [0.717, 1.165) is 33.4 Å². The van der Waals surface area contributed by atoms with E-state index in [0.29, 0.717) is 39.6 Å². The fraction of sp³-hybridized carbons (Fsp3) is 0.357. The molecule has 0 saturated carbocycles. The van der Waals surface area contributed by atoms with Crippen LogP contribution in [-0.2, 0) is 87.0 Å². The lowest BCUT2D eigenvalue weighted by Gasteiger charge is -2.50. The zero-order chi connectivity index (χ0) is 45.2. The first kappa shape index (κ1) is 47.4. The Morgan fingerprint density at radius 3 is 1.06 bits per heavy atom. The maximum atomic E-state index is 7.35. The van der Waals surface area contributed by atoms with Crippen LogP contribution in [0.5, 0.6) is 0 Å². The van der Waals surface area contributed by atoms with Gasteiger partial charge in [-0.1, -0.05) is 189 Å². The largest absolute Gasteiger partial charge is 0.374 e. The van der Waals surface area contributed by atoms with Crippen molar-refractivity contribution in [2.75, 3.05) is 20.3 Å². The molecule has 2 aliphatic heterocycles. The summed E-state index contributed by atoms with van der Waals surface area (Å²) in [5, 5.41) is 0. The topological polar surface area (TPSA) is 92.3 Å². The van der Waals surface area contributed by atoms with Gasteiger partial charge in [0.1, 0.15) is 36.6 Å². The van der Waals surface area contributed by atoms with Crippen molar-refractivity contribution in [3.8, 4) is 0 Å². The number of methoxy groups -OCH3 is 1. The molecular weight excluding hydrogens is 833 g/mol. The van der Waals surface area contributed by atoms with E-state index in [2.05, 4.69) is 31.2 Å². The van der Waals surface area contributed by atoms with Crippen LogP contribution in [0.3, 0.4) is 0 Å². The number of rotatable bonds is 23. The molecule has 0 aromatic heterocycles. The lowest BCUT2D eigenvalue weighted by atomic mass is 9.91. The van der Waals surface area contributed by atoms with Crippen LogP contribution in [0.2, 0.25) is 0 Å². The van der Waals surface area contributed by atoms with Crippen LogP contribution in [0.1, 0.15) is 40.3 Å². The highest BCUT2D eigenvalue weighted by atomic mass is 16.7. The van der Waals surface area contributed by atoms with E-state index in [1.807, 2.05) is 158 Å². The first-order chi connectivity index (χ1) is 32.6. The van der Waals surface area contributed by atoms with Crippen molar-refractivity contribution in [2.24, 2.45) is 5.92 Å². The predicted molar refractivity (Wildman–Crippen MR) is 251 cm³/mol. The molecule has 0 amide bonds. The highest BCUT2D eigenvalue weighted by Crippen LogP contribution is 2.37. The monoisotopic (exact) mass is 894 g/mol. The average molecular weight is 895 g/mol. The molecule has 8 rings (SSSR count). The third kappa shape index (κ3) is 13.5. The van der Waals surface area contributed by atoms with Gasteiger partial charge in [0, 0.05) is 13.0 Å². The molecule has 2 heterocycles. The molecule has 0 unspecified atom stereocenters. The van der Waals surface area contributed by atoms with Crippen LogP contribution < -0.4 is 0 Å². The van der Waals surface area contributed by atoms with E-state index >= 15 is 0 Å². The second-order valence-corrected chi connectivity index (χ2v) is 16.8. The highest BCUT2D eigenvalue weighted by Gasteiger charge is 2.53. The number of ether oxygens (including phenoxy) is 10. The Hall–Kier alpha value is -5.08. The van der Waals surface area contributed by atoms with Gasteiger partial charge in [0.2, 0.25) is 0 Å². The van der Waals surface area contributed by atoms with Gasteiger partial charge in [-0.15, -0.1) is 0 Å². The highest BCUT2D eigenvalue weighted by molar-refractivity contribution is 5.18. The van der Waals surface area contributed by atoms with Crippen LogP contribution in [0.15, 0.2) is 182 Å². The number of benzene rings is 6. The molecule has 10 heteroatoms. The van der Waals surface area contributed by atoms with Gasteiger partial charge < -0.3 is 47.4 Å². The summed E-state index contributed by atoms with van der Waals surface area (Å²) >= 11 is 0. The Balaban J connectivity index is 1.12. The van der Waals surface area contributed by atoms with Gasteiger partial charge in [0.05, 0.1) is 59.0 Å². The molecule has 0 radical (unpaired) electrons. The fourth-order valence-corrected chi connectivity index (χ4v) is 8.47. The van der Waals surface area contributed by atoms with Gasteiger partial charge >= 0.3 is 0 Å². The normalized spacial score (nSPS) is 25.4. The third-order valence-corrected chi connectivity index (χ3v) is 12.0. The van der Waals surface area contributed by atoms with Crippen molar-refractivity contribution >= 4 is 0 Å². The van der Waals surface area contributed by atoms with Crippen LogP contribution in [-0.4, -0.2) is 75.6 Å². The van der Waals surface area contributed by atoms with Gasteiger partial charge in [0.15, 0.2) is 12.6 Å². The van der Waals surface area contributed by atoms with E-state index in [4.69, 9.17) is 47.4 Å². The molecule has 346 valence electrons. The Bertz CT molecular complexity index is 2220. The number of hydrogen-bond donors (Lipinski definition) is 0. The summed E-state index contributed by atoms with van der Waals surface area (Å²) < 4.78 is 67.7. The SMILES string of the molecule is CO[C@H]1O[C@H](COCc2ccccc2)[C@@H](O[C@H]2O[C@H](COCc3ccccc3)[C@@H](OCc3ccccc3)[C@H](OCc3ccccc3)[C@@H]2C)[C@H](OCc2ccccc2)[C@H]1OCc1ccccc1. The maximum Gasteiger partial charge on any atom is 0.186 e. The van der Waals surface area contributed by atoms with Crippen molar-refractivity contribution < 1.29 is 47.4 Å². The van der Waals surface area contributed by atoms with Crippen LogP contribution in [0, 0.1) is 5.92 Å². The minimum atomic E-state index is -0.824. The lowest BCUT2D eigenvalue weighted by molar-refractivity contribution is -0.365. The lowest BCUT2D eigenvalue weighted by Crippen LogP contribution is -2.64. The molecule has 0 N–H and O–H groups in total. The second kappa shape index (κ2) is 25.2. The van der Waals surface area contributed by atoms with Crippen molar-refractivity contribution in [2.45, 2.75) is 102 Å². The van der Waals surface area contributed by atoms with E-state index in [-0.39, 0.29) is 19.1 Å². The minimum absolute atomic E-state index is 0.178. The quantitative estimate of drug-likeness (QED) is 0.0619. The molecule has 0 bridgehead atoms. The fourth-order valence-electron chi connectivity index (χ4n) is 8.47. The first-order valence-electron chi connectivity index (χ1n) is 23.0. The Kier molecular flexibility index (Phi) is 18.1. The van der Waals surface area contributed by atoms with Crippen LogP contribution >= 0.6 is 0 Å². The van der Waals surface area contributed by atoms with Crippen molar-refractivity contribution in [3.05, 3.63) is 215 Å². The predicted octanol–water partition coefficient (Wildman–Crippen LogP) is 9.88. The van der Waals surface area contributed by atoms with Crippen molar-refractivity contribution in [3.63, 3.8) is 0 Å². The molecule has 66 heavy (non-hydrogen) atoms. The molecule has 6 aromatic rings. The summed E-state index contributed by atoms with van der Waals surface area (Å²) in [6, 6.07) is 60.6. The summed E-state index contributed by atoms with van der Waals surface area (Å²) in [6.45, 7) is 4.58. The standard InChI is InChI=1S/C56H62O10/c1-41-50(60-35-44-25-13-5-14-26-44)51(61-36-45-27-15-6-16-28-45)48(39-58-33-42-21-9-3-10-22-42)64-55(41)66-52-49(40-59-34-43-23-11-4-12-24-43)65-56(57-2)54(63-38-47-31-19-8-20-32-47)53(52)62-37-46-29-17-7-18-30-46/h3-32,41,48-56H,33-40H2,1-2H3/t41-,48+,49+,50+,51+,52+,53-,54+,55+,56-/m0/s1. The van der Waals surface area contributed by atoms with Crippen molar-refractivity contribution in [1.82, 2.24) is 0 Å². The van der Waals surface area contributed by atoms with Crippen molar-refractivity contribution in [1.29, 1.82) is 0 Å². The van der Waals surface area contributed by atoms with E-state index < -0.39 is 55.3 Å². The van der Waals surface area contributed by atoms with Crippen LogP contribution in [0.25, 0.3) is 0 Å². The van der Waals surface area contributed by atoms with E-state index in [1.165, 1.54) is 0 Å². The van der Waals surface area contributed by atoms with Crippen LogP contribution in [0.4, 0.5) is 0 Å².